The zero-order valence-corrected chi connectivity index (χ0v) is 29.8. The summed E-state index contributed by atoms with van der Waals surface area (Å²) in [5, 5.41) is 15.7. The number of carbonyl (C=O) groups is 2. The summed E-state index contributed by atoms with van der Waals surface area (Å²) in [5.74, 6) is -2.15. The number of nitrogens with zero attached hydrogens (tertiary/aromatic N) is 3. The van der Waals surface area contributed by atoms with Gasteiger partial charge in [0.15, 0.2) is 0 Å². The van der Waals surface area contributed by atoms with Gasteiger partial charge in [0.1, 0.15) is 11.7 Å². The molecule has 6 rings (SSSR count). The van der Waals surface area contributed by atoms with Gasteiger partial charge >= 0.3 is 11.9 Å². The molecule has 1 aliphatic carbocycles. The van der Waals surface area contributed by atoms with Crippen molar-refractivity contribution in [1.29, 1.82) is 0 Å². The zero-order chi connectivity index (χ0) is 35.4. The topological polar surface area (TPSA) is 122 Å². The van der Waals surface area contributed by atoms with Gasteiger partial charge in [-0.2, -0.15) is 0 Å². The third-order valence-corrected chi connectivity index (χ3v) is 11.1. The second-order valence-corrected chi connectivity index (χ2v) is 13.5. The number of allylic oxidation sites excluding steroid dienone is 11. The molecule has 5 heterocycles. The molecular weight excluding hydrogens is 616 g/mol. The van der Waals surface area contributed by atoms with Crippen LogP contribution in [-0.2, 0) is 19.1 Å². The van der Waals surface area contributed by atoms with Crippen LogP contribution < -0.4 is 5.32 Å². The molecule has 9 heteroatoms. The first-order valence-electron chi connectivity index (χ1n) is 17.2. The van der Waals surface area contributed by atoms with Crippen LogP contribution in [0.3, 0.4) is 0 Å². The summed E-state index contributed by atoms with van der Waals surface area (Å²) >= 11 is 0. The van der Waals surface area contributed by atoms with Gasteiger partial charge in [-0.15, -0.1) is 0 Å². The summed E-state index contributed by atoms with van der Waals surface area (Å²) in [6, 6.07) is 0. The van der Waals surface area contributed by atoms with Gasteiger partial charge in [-0.1, -0.05) is 46.3 Å². The molecule has 0 spiro atoms. The van der Waals surface area contributed by atoms with Gasteiger partial charge in [0.2, 0.25) is 0 Å². The highest BCUT2D eigenvalue weighted by molar-refractivity contribution is 6.24. The number of fused-ring (bicyclic) bond motifs is 5. The van der Waals surface area contributed by atoms with Crippen LogP contribution >= 0.6 is 0 Å². The molecule has 2 N–H and O–H groups in total. The molecule has 0 saturated carbocycles. The smallest absolute Gasteiger partial charge is 0.321 e. The van der Waals surface area contributed by atoms with Gasteiger partial charge in [0.25, 0.3) is 0 Å². The summed E-state index contributed by atoms with van der Waals surface area (Å²) in [6.07, 6.45) is 11.9. The number of esters is 2. The quantitative estimate of drug-likeness (QED) is 0.244. The number of hydrogen-bond donors (Lipinski definition) is 2. The fraction of sp³-hybridized carbons (Fsp3) is 0.425. The van der Waals surface area contributed by atoms with E-state index >= 15 is 0 Å². The van der Waals surface area contributed by atoms with Crippen molar-refractivity contribution in [2.45, 2.75) is 80.1 Å². The molecule has 6 aliphatic rings. The standard InChI is InChI=1S/C40H46N4O5/c1-10-13-15-40(16-14-32(45)48-8)23(7)29-17-26-20(4)24(11-2)30(41-26)18-27-21(5)25(12-3)31(42-27)19-28-22(6)33-36(43-28)34(38(40)44-29)35(37(33)46)39(47)49-9/h11,17-19,23,35,44,46H,2,10,12-16H2,1,3-9H3/t23-,35-,40+/m1/s1. The van der Waals surface area contributed by atoms with Crippen molar-refractivity contribution in [2.75, 3.05) is 14.2 Å². The molecule has 0 unspecified atom stereocenters. The van der Waals surface area contributed by atoms with Gasteiger partial charge < -0.3 is 19.9 Å². The van der Waals surface area contributed by atoms with Crippen LogP contribution in [0.25, 0.3) is 0 Å². The maximum atomic E-state index is 13.6. The Hall–Kier alpha value is -4.79. The first-order valence-corrected chi connectivity index (χ1v) is 17.2. The minimum absolute atomic E-state index is 0.0791. The lowest BCUT2D eigenvalue weighted by Crippen LogP contribution is -2.32. The highest BCUT2D eigenvalue weighted by atomic mass is 16.5. The van der Waals surface area contributed by atoms with E-state index in [4.69, 9.17) is 24.5 Å². The molecule has 0 aromatic heterocycles. The average molecular weight is 663 g/mol. The van der Waals surface area contributed by atoms with Gasteiger partial charge in [0, 0.05) is 45.9 Å². The molecule has 0 aromatic carbocycles. The summed E-state index contributed by atoms with van der Waals surface area (Å²) in [7, 11) is 2.73. The third-order valence-electron chi connectivity index (χ3n) is 11.1. The van der Waals surface area contributed by atoms with E-state index < -0.39 is 17.3 Å². The van der Waals surface area contributed by atoms with Crippen molar-refractivity contribution in [3.05, 3.63) is 104 Å². The minimum atomic E-state index is -1.08. The van der Waals surface area contributed by atoms with Crippen LogP contribution in [0.1, 0.15) is 80.1 Å². The lowest BCUT2D eigenvalue weighted by atomic mass is 9.67. The number of hydrogen-bond acceptors (Lipinski definition) is 9. The van der Waals surface area contributed by atoms with Crippen LogP contribution in [0.4, 0.5) is 0 Å². The Balaban J connectivity index is 1.72. The van der Waals surface area contributed by atoms with Gasteiger partial charge in [-0.3, -0.25) is 9.59 Å². The van der Waals surface area contributed by atoms with E-state index in [0.717, 1.165) is 87.8 Å². The van der Waals surface area contributed by atoms with E-state index in [9.17, 15) is 14.7 Å². The zero-order valence-electron chi connectivity index (χ0n) is 29.8. The molecule has 1 saturated heterocycles. The number of rotatable bonds is 9. The number of ether oxygens (including phenoxy) is 2. The highest BCUT2D eigenvalue weighted by Gasteiger charge is 2.54. The molecule has 3 atom stereocenters. The van der Waals surface area contributed by atoms with Crippen molar-refractivity contribution in [3.63, 3.8) is 0 Å². The summed E-state index contributed by atoms with van der Waals surface area (Å²) in [5.41, 5.74) is 11.5. The van der Waals surface area contributed by atoms with E-state index in [1.165, 1.54) is 14.2 Å². The molecule has 0 radical (unpaired) electrons. The second-order valence-electron chi connectivity index (χ2n) is 13.5. The lowest BCUT2D eigenvalue weighted by Gasteiger charge is -2.35. The van der Waals surface area contributed by atoms with Crippen LogP contribution in [0.2, 0.25) is 0 Å². The number of carbonyl (C=O) groups excluding carboxylic acids is 2. The third kappa shape index (κ3) is 5.25. The molecule has 0 aromatic rings. The number of aliphatic imine (C=N–C) groups is 3. The Labute approximate surface area is 288 Å². The second kappa shape index (κ2) is 12.9. The predicted molar refractivity (Wildman–Crippen MR) is 193 cm³/mol. The fourth-order valence-corrected chi connectivity index (χ4v) is 8.21. The fourth-order valence-electron chi connectivity index (χ4n) is 8.21. The maximum Gasteiger partial charge on any atom is 0.321 e. The van der Waals surface area contributed by atoms with Crippen LogP contribution in [-0.4, -0.2) is 48.4 Å². The van der Waals surface area contributed by atoms with Gasteiger partial charge in [0.05, 0.1) is 48.4 Å². The van der Waals surface area contributed by atoms with E-state index in [1.54, 1.807) is 0 Å². The number of nitrogens with one attached hydrogen (secondary N) is 1. The Bertz CT molecular complexity index is 1940. The van der Waals surface area contributed by atoms with Crippen molar-refractivity contribution in [1.82, 2.24) is 5.32 Å². The first kappa shape index (κ1) is 34.1. The van der Waals surface area contributed by atoms with Gasteiger partial charge in [-0.25, -0.2) is 15.0 Å². The lowest BCUT2D eigenvalue weighted by molar-refractivity contribution is -0.144. The van der Waals surface area contributed by atoms with E-state index in [0.29, 0.717) is 29.0 Å². The normalized spacial score (nSPS) is 25.7. The van der Waals surface area contributed by atoms with Crippen molar-refractivity contribution < 1.29 is 24.2 Å². The highest BCUT2D eigenvalue weighted by Crippen LogP contribution is 2.56. The summed E-state index contributed by atoms with van der Waals surface area (Å²) < 4.78 is 10.4. The molecule has 5 aliphatic heterocycles. The van der Waals surface area contributed by atoms with Crippen molar-refractivity contribution >= 4 is 29.1 Å². The predicted octanol–water partition coefficient (Wildman–Crippen LogP) is 7.76. The summed E-state index contributed by atoms with van der Waals surface area (Å²) in [6.45, 7) is 16.6. The summed E-state index contributed by atoms with van der Waals surface area (Å²) in [4.78, 5) is 41.7. The minimum Gasteiger partial charge on any atom is -0.510 e. The number of methoxy groups -OCH3 is 2. The molecule has 1 fully saturated rings. The SMILES string of the molecule is C=CC1=C(C)C2=NC1=CC1=NC(=CC3=C(C)C4=C(O)[C@H](C(=O)OC)C(=C5NC(=C2)[C@@H](C)[C@]5(CCCC)CCC(=O)OC)C4=N3)C(CC)=C1C. The number of unbranched alkanes of at least 4 members (excludes halogenated alkanes) is 1. The van der Waals surface area contributed by atoms with E-state index in [-0.39, 0.29) is 24.1 Å². The Morgan fingerprint density at radius 3 is 2.35 bits per heavy atom. The van der Waals surface area contributed by atoms with Crippen LogP contribution in [0, 0.1) is 17.3 Å². The molecule has 49 heavy (non-hydrogen) atoms. The molecular formula is C40H46N4O5. The molecule has 0 amide bonds. The number of aliphatic hydroxyl groups excluding tert-OH is 1. The molecule has 9 nitrogen and oxygen atoms in total. The molecule has 8 bridgehead atoms. The van der Waals surface area contributed by atoms with Crippen LogP contribution in [0.15, 0.2) is 119 Å². The monoisotopic (exact) mass is 662 g/mol. The van der Waals surface area contributed by atoms with Crippen molar-refractivity contribution in [2.24, 2.45) is 32.2 Å². The van der Waals surface area contributed by atoms with Crippen molar-refractivity contribution in [3.8, 4) is 0 Å². The largest absolute Gasteiger partial charge is 0.510 e. The Kier molecular flexibility index (Phi) is 8.98. The van der Waals surface area contributed by atoms with Gasteiger partial charge in [-0.05, 0) is 80.6 Å². The Morgan fingerprint density at radius 2 is 1.69 bits per heavy atom. The first-order chi connectivity index (χ1) is 23.5. The average Bonchev–Trinajstić information content (AvgIpc) is 3.82. The number of aliphatic hydroxyl groups is 1. The maximum absolute atomic E-state index is 13.6. The Morgan fingerprint density at radius 1 is 0.980 bits per heavy atom. The van der Waals surface area contributed by atoms with E-state index in [1.807, 2.05) is 32.1 Å². The molecule has 256 valence electrons. The van der Waals surface area contributed by atoms with E-state index in [2.05, 4.69) is 45.7 Å². The van der Waals surface area contributed by atoms with Crippen LogP contribution in [0.5, 0.6) is 0 Å².